The number of benzene rings is 1. The standard InChI is InChI=1S/C24H35N3O8/c1-13-8-7-9-15(20(13)30)19(21(31)25-11-18(29)34-6)27(17-10-14(17)2)22(32)16(12-28)26-23(33)35-24(3,4)5/h7-9,14,16-17,19,28,30H,10-12H2,1-6H3,(H,25,31)(H,26,33). The van der Waals surface area contributed by atoms with E-state index in [1.54, 1.807) is 39.8 Å². The van der Waals surface area contributed by atoms with Crippen molar-refractivity contribution in [3.8, 4) is 5.75 Å². The summed E-state index contributed by atoms with van der Waals surface area (Å²) in [5.74, 6) is -2.30. The molecule has 1 aliphatic carbocycles. The van der Waals surface area contributed by atoms with Crippen LogP contribution in [0.5, 0.6) is 5.75 Å². The van der Waals surface area contributed by atoms with Gasteiger partial charge in [-0.3, -0.25) is 14.4 Å². The largest absolute Gasteiger partial charge is 0.507 e. The van der Waals surface area contributed by atoms with Crippen LogP contribution in [0.4, 0.5) is 4.79 Å². The zero-order valence-electron chi connectivity index (χ0n) is 21.0. The molecule has 11 heteroatoms. The number of nitrogens with one attached hydrogen (secondary N) is 2. The fraction of sp³-hybridized carbons (Fsp3) is 0.583. The van der Waals surface area contributed by atoms with Gasteiger partial charge in [0.1, 0.15) is 30.0 Å². The number of nitrogens with zero attached hydrogens (tertiary/aromatic N) is 1. The Labute approximate surface area is 204 Å². The molecule has 4 atom stereocenters. The smallest absolute Gasteiger partial charge is 0.408 e. The van der Waals surface area contributed by atoms with Gasteiger partial charge in [0, 0.05) is 11.6 Å². The van der Waals surface area contributed by atoms with Crippen molar-refractivity contribution in [1.29, 1.82) is 0 Å². The van der Waals surface area contributed by atoms with E-state index in [9.17, 15) is 29.4 Å². The van der Waals surface area contributed by atoms with E-state index in [1.165, 1.54) is 18.1 Å². The first-order valence-electron chi connectivity index (χ1n) is 11.4. The molecule has 1 saturated carbocycles. The van der Waals surface area contributed by atoms with Crippen molar-refractivity contribution in [1.82, 2.24) is 15.5 Å². The van der Waals surface area contributed by atoms with Crippen LogP contribution in [0.25, 0.3) is 0 Å². The summed E-state index contributed by atoms with van der Waals surface area (Å²) in [5, 5.41) is 25.5. The summed E-state index contributed by atoms with van der Waals surface area (Å²) in [4.78, 5) is 52.2. The lowest BCUT2D eigenvalue weighted by atomic mass is 9.99. The average Bonchev–Trinajstić information content (AvgIpc) is 3.50. The third-order valence-electron chi connectivity index (χ3n) is 5.58. The van der Waals surface area contributed by atoms with E-state index in [1.807, 2.05) is 6.92 Å². The molecular weight excluding hydrogens is 458 g/mol. The second-order valence-electron chi connectivity index (χ2n) is 9.62. The number of ether oxygens (including phenoxy) is 2. The number of amides is 3. The number of hydrogen-bond donors (Lipinski definition) is 4. The highest BCUT2D eigenvalue weighted by molar-refractivity contribution is 5.94. The highest BCUT2D eigenvalue weighted by Gasteiger charge is 2.48. The van der Waals surface area contributed by atoms with Crippen molar-refractivity contribution in [2.45, 2.75) is 64.8 Å². The average molecular weight is 494 g/mol. The number of aliphatic hydroxyl groups is 1. The van der Waals surface area contributed by atoms with E-state index in [2.05, 4.69) is 15.4 Å². The van der Waals surface area contributed by atoms with Gasteiger partial charge in [0.25, 0.3) is 0 Å². The van der Waals surface area contributed by atoms with Crippen molar-refractivity contribution in [3.05, 3.63) is 29.3 Å². The summed E-state index contributed by atoms with van der Waals surface area (Å²) < 4.78 is 9.77. The molecule has 1 fully saturated rings. The molecule has 4 N–H and O–H groups in total. The minimum Gasteiger partial charge on any atom is -0.507 e. The molecular formula is C24H35N3O8. The summed E-state index contributed by atoms with van der Waals surface area (Å²) in [6.07, 6.45) is -0.331. The third kappa shape index (κ3) is 7.32. The van der Waals surface area contributed by atoms with E-state index in [-0.39, 0.29) is 17.2 Å². The number of aromatic hydroxyl groups is 1. The number of aryl methyl sites for hydroxylation is 1. The summed E-state index contributed by atoms with van der Waals surface area (Å²) in [6.45, 7) is 7.31. The highest BCUT2D eigenvalue weighted by Crippen LogP contribution is 2.42. The topological polar surface area (TPSA) is 154 Å². The van der Waals surface area contributed by atoms with E-state index in [0.717, 1.165) is 0 Å². The summed E-state index contributed by atoms with van der Waals surface area (Å²) in [7, 11) is 1.17. The molecule has 0 aromatic heterocycles. The predicted octanol–water partition coefficient (Wildman–Crippen LogP) is 1.15. The fourth-order valence-electron chi connectivity index (χ4n) is 3.64. The van der Waals surface area contributed by atoms with Crippen molar-refractivity contribution in [2.75, 3.05) is 20.3 Å². The zero-order chi connectivity index (χ0) is 26.5. The number of alkyl carbamates (subject to hydrolysis) is 1. The molecule has 2 rings (SSSR count). The number of phenols is 1. The number of aliphatic hydroxyl groups excluding tert-OH is 1. The quantitative estimate of drug-likeness (QED) is 0.374. The molecule has 1 aromatic carbocycles. The zero-order valence-corrected chi connectivity index (χ0v) is 21.0. The summed E-state index contributed by atoms with van der Waals surface area (Å²) >= 11 is 0. The molecule has 0 saturated heterocycles. The number of esters is 1. The van der Waals surface area contributed by atoms with E-state index in [4.69, 9.17) is 4.74 Å². The Bertz CT molecular complexity index is 959. The first-order chi connectivity index (χ1) is 16.3. The maximum Gasteiger partial charge on any atom is 0.408 e. The van der Waals surface area contributed by atoms with Crippen LogP contribution in [0.1, 0.15) is 51.3 Å². The second-order valence-corrected chi connectivity index (χ2v) is 9.62. The molecule has 11 nitrogen and oxygen atoms in total. The number of carbonyl (C=O) groups excluding carboxylic acids is 4. The van der Waals surface area contributed by atoms with Crippen LogP contribution >= 0.6 is 0 Å². The van der Waals surface area contributed by atoms with Gasteiger partial charge in [0.15, 0.2) is 0 Å². The molecule has 0 aliphatic heterocycles. The van der Waals surface area contributed by atoms with Crippen LogP contribution in [0.15, 0.2) is 18.2 Å². The van der Waals surface area contributed by atoms with Gasteiger partial charge in [0.2, 0.25) is 11.8 Å². The van der Waals surface area contributed by atoms with Crippen molar-refractivity contribution in [3.63, 3.8) is 0 Å². The third-order valence-corrected chi connectivity index (χ3v) is 5.58. The van der Waals surface area contributed by atoms with Gasteiger partial charge in [-0.15, -0.1) is 0 Å². The lowest BCUT2D eigenvalue weighted by Gasteiger charge is -2.35. The molecule has 0 bridgehead atoms. The Hall–Kier alpha value is -3.34. The molecule has 0 heterocycles. The van der Waals surface area contributed by atoms with Gasteiger partial charge in [0.05, 0.1) is 13.7 Å². The Kier molecular flexibility index (Phi) is 9.08. The van der Waals surface area contributed by atoms with E-state index < -0.39 is 60.8 Å². The minimum absolute atomic E-state index is 0.0303. The van der Waals surface area contributed by atoms with Gasteiger partial charge in [-0.1, -0.05) is 25.1 Å². The number of methoxy groups -OCH3 is 1. The Morgan fingerprint density at radius 2 is 1.86 bits per heavy atom. The van der Waals surface area contributed by atoms with Crippen molar-refractivity contribution < 1.29 is 38.9 Å². The number of carbonyl (C=O) groups is 4. The second kappa shape index (κ2) is 11.4. The first kappa shape index (κ1) is 27.9. The van der Waals surface area contributed by atoms with Crippen LogP contribution in [0.2, 0.25) is 0 Å². The fourth-order valence-corrected chi connectivity index (χ4v) is 3.64. The monoisotopic (exact) mass is 493 g/mol. The van der Waals surface area contributed by atoms with Crippen molar-refractivity contribution in [2.24, 2.45) is 5.92 Å². The number of hydrogen-bond acceptors (Lipinski definition) is 8. The molecule has 35 heavy (non-hydrogen) atoms. The molecule has 0 spiro atoms. The normalized spacial score (nSPS) is 18.6. The van der Waals surface area contributed by atoms with Crippen LogP contribution in [-0.4, -0.2) is 76.9 Å². The lowest BCUT2D eigenvalue weighted by Crippen LogP contribution is -2.55. The minimum atomic E-state index is -1.40. The van der Waals surface area contributed by atoms with Crippen LogP contribution in [0, 0.1) is 12.8 Å². The highest BCUT2D eigenvalue weighted by atomic mass is 16.6. The molecule has 0 radical (unpaired) electrons. The Balaban J connectivity index is 2.47. The molecule has 194 valence electrons. The van der Waals surface area contributed by atoms with E-state index >= 15 is 0 Å². The molecule has 1 aromatic rings. The molecule has 4 unspecified atom stereocenters. The van der Waals surface area contributed by atoms with Gasteiger partial charge < -0.3 is 35.2 Å². The summed E-state index contributed by atoms with van der Waals surface area (Å²) in [6, 6.07) is 1.65. The van der Waals surface area contributed by atoms with Crippen LogP contribution < -0.4 is 10.6 Å². The van der Waals surface area contributed by atoms with Crippen molar-refractivity contribution >= 4 is 23.9 Å². The van der Waals surface area contributed by atoms with Gasteiger partial charge in [-0.05, 0) is 45.6 Å². The SMILES string of the molecule is COC(=O)CNC(=O)C(c1cccc(C)c1O)N(C(=O)C(CO)NC(=O)OC(C)(C)C)C1CC1C. The van der Waals surface area contributed by atoms with E-state index in [0.29, 0.717) is 12.0 Å². The summed E-state index contributed by atoms with van der Waals surface area (Å²) in [5.41, 5.74) is -0.203. The van der Waals surface area contributed by atoms with Gasteiger partial charge >= 0.3 is 12.1 Å². The number of phenolic OH excluding ortho intramolecular Hbond substituents is 1. The predicted molar refractivity (Wildman–Crippen MR) is 125 cm³/mol. The van der Waals surface area contributed by atoms with Crippen LogP contribution in [0.3, 0.4) is 0 Å². The first-order valence-corrected chi connectivity index (χ1v) is 11.4. The Morgan fingerprint density at radius 1 is 1.23 bits per heavy atom. The molecule has 1 aliphatic rings. The maximum absolute atomic E-state index is 13.7. The maximum atomic E-state index is 13.7. The van der Waals surface area contributed by atoms with Crippen LogP contribution in [-0.2, 0) is 23.9 Å². The number of para-hydroxylation sites is 1. The number of rotatable bonds is 9. The molecule has 3 amide bonds. The Morgan fingerprint density at radius 3 is 2.37 bits per heavy atom. The van der Waals surface area contributed by atoms with Gasteiger partial charge in [-0.25, -0.2) is 4.79 Å². The lowest BCUT2D eigenvalue weighted by molar-refractivity contribution is -0.145. The van der Waals surface area contributed by atoms with Gasteiger partial charge in [-0.2, -0.15) is 0 Å².